The molecule has 2 saturated heterocycles. The molecule has 9 heteroatoms. The Balaban J connectivity index is 1.82. The average molecular weight is 314 g/mol. The zero-order valence-electron chi connectivity index (χ0n) is 11.1. The van der Waals surface area contributed by atoms with Gasteiger partial charge in [-0.25, -0.2) is 13.2 Å². The number of nitrogens with zero attached hydrogens (tertiary/aromatic N) is 2. The van der Waals surface area contributed by atoms with Crippen LogP contribution in [-0.2, 0) is 14.8 Å². The summed E-state index contributed by atoms with van der Waals surface area (Å²) in [5.74, 6) is -1.67. The molecule has 114 valence electrons. The van der Waals surface area contributed by atoms with Crippen LogP contribution in [0.25, 0.3) is 0 Å². The molecule has 1 N–H and O–H groups in total. The third-order valence-corrected chi connectivity index (χ3v) is 5.58. The molecule has 8 nitrogen and oxygen atoms in total. The maximum atomic E-state index is 12.4. The molecule has 1 aromatic rings. The molecule has 0 spiro atoms. The van der Waals surface area contributed by atoms with Crippen LogP contribution in [0.5, 0.6) is 0 Å². The van der Waals surface area contributed by atoms with Gasteiger partial charge in [0.05, 0.1) is 0 Å². The predicted molar refractivity (Wildman–Crippen MR) is 69.2 cm³/mol. The molecular formula is C12H14N2O6S. The molecule has 3 heterocycles. The lowest BCUT2D eigenvalue weighted by Gasteiger charge is -2.36. The van der Waals surface area contributed by atoms with Crippen LogP contribution in [0.15, 0.2) is 21.6 Å². The highest BCUT2D eigenvalue weighted by Crippen LogP contribution is 2.27. The summed E-state index contributed by atoms with van der Waals surface area (Å²) < 4.78 is 31.0. The third kappa shape index (κ3) is 2.32. The maximum absolute atomic E-state index is 12.4. The van der Waals surface area contributed by atoms with Gasteiger partial charge in [-0.2, -0.15) is 4.31 Å². The lowest BCUT2D eigenvalue weighted by Crippen LogP contribution is -2.53. The SMILES string of the molecule is O=C(O)c1ccc(S(=O)(=O)N2CCN3C(=O)CCC3C2)o1. The van der Waals surface area contributed by atoms with Gasteiger partial charge in [0.2, 0.25) is 16.8 Å². The van der Waals surface area contributed by atoms with E-state index in [1.165, 1.54) is 4.31 Å². The Labute approximate surface area is 121 Å². The number of piperazine rings is 1. The summed E-state index contributed by atoms with van der Waals surface area (Å²) in [6, 6.07) is 2.16. The fourth-order valence-electron chi connectivity index (χ4n) is 2.76. The fraction of sp³-hybridized carbons (Fsp3) is 0.500. The molecule has 2 aliphatic heterocycles. The molecule has 0 aromatic carbocycles. The van der Waals surface area contributed by atoms with Crippen molar-refractivity contribution in [3.8, 4) is 0 Å². The fourth-order valence-corrected chi connectivity index (χ4v) is 4.14. The topological polar surface area (TPSA) is 108 Å². The number of carbonyl (C=O) groups is 2. The van der Waals surface area contributed by atoms with Crippen LogP contribution in [-0.4, -0.2) is 60.3 Å². The Morgan fingerprint density at radius 2 is 2.10 bits per heavy atom. The maximum Gasteiger partial charge on any atom is 0.371 e. The molecule has 1 amide bonds. The number of carbonyl (C=O) groups excluding carboxylic acids is 1. The summed E-state index contributed by atoms with van der Waals surface area (Å²) in [6.07, 6.45) is 1.09. The first-order chi connectivity index (χ1) is 9.89. The van der Waals surface area contributed by atoms with E-state index in [0.717, 1.165) is 12.1 Å². The zero-order chi connectivity index (χ0) is 15.2. The number of carboxylic acids is 1. The average Bonchev–Trinajstić information content (AvgIpc) is 3.06. The number of fused-ring (bicyclic) bond motifs is 1. The van der Waals surface area contributed by atoms with Crippen LogP contribution in [0.3, 0.4) is 0 Å². The van der Waals surface area contributed by atoms with Crippen molar-refractivity contribution in [2.45, 2.75) is 24.0 Å². The number of furan rings is 1. The van der Waals surface area contributed by atoms with Gasteiger partial charge in [0.25, 0.3) is 10.0 Å². The first-order valence-corrected chi connectivity index (χ1v) is 7.96. The summed E-state index contributed by atoms with van der Waals surface area (Å²) >= 11 is 0. The standard InChI is InChI=1S/C12H14N2O6S/c15-10-3-1-8-7-13(5-6-14(8)10)21(18,19)11-4-2-9(20-11)12(16)17/h2,4,8H,1,3,5-7H2,(H,16,17). The molecule has 1 unspecified atom stereocenters. The number of hydrogen-bond acceptors (Lipinski definition) is 5. The van der Waals surface area contributed by atoms with E-state index >= 15 is 0 Å². The Morgan fingerprint density at radius 3 is 2.76 bits per heavy atom. The monoisotopic (exact) mass is 314 g/mol. The first-order valence-electron chi connectivity index (χ1n) is 6.52. The summed E-state index contributed by atoms with van der Waals surface area (Å²) in [4.78, 5) is 24.0. The number of hydrogen-bond donors (Lipinski definition) is 1. The van der Waals surface area contributed by atoms with Crippen molar-refractivity contribution in [1.82, 2.24) is 9.21 Å². The van der Waals surface area contributed by atoms with E-state index in [-0.39, 0.29) is 30.1 Å². The number of amides is 1. The highest BCUT2D eigenvalue weighted by atomic mass is 32.2. The van der Waals surface area contributed by atoms with E-state index in [2.05, 4.69) is 0 Å². The normalized spacial score (nSPS) is 23.3. The number of carboxylic acid groups (broad SMARTS) is 1. The van der Waals surface area contributed by atoms with Crippen molar-refractivity contribution >= 4 is 21.9 Å². The van der Waals surface area contributed by atoms with Gasteiger partial charge < -0.3 is 14.4 Å². The number of sulfonamides is 1. The zero-order valence-corrected chi connectivity index (χ0v) is 11.9. The Bertz CT molecular complexity index is 694. The van der Waals surface area contributed by atoms with Gasteiger partial charge in [0.1, 0.15) is 0 Å². The highest BCUT2D eigenvalue weighted by molar-refractivity contribution is 7.89. The Morgan fingerprint density at radius 1 is 1.33 bits per heavy atom. The molecule has 2 fully saturated rings. The van der Waals surface area contributed by atoms with Gasteiger partial charge in [-0.1, -0.05) is 0 Å². The Kier molecular flexibility index (Phi) is 3.25. The molecule has 0 aliphatic carbocycles. The van der Waals surface area contributed by atoms with Crippen LogP contribution in [0, 0.1) is 0 Å². The molecule has 0 radical (unpaired) electrons. The van der Waals surface area contributed by atoms with Crippen LogP contribution in [0.2, 0.25) is 0 Å². The van der Waals surface area contributed by atoms with Gasteiger partial charge in [-0.3, -0.25) is 4.79 Å². The van der Waals surface area contributed by atoms with Gasteiger partial charge in [-0.15, -0.1) is 0 Å². The summed E-state index contributed by atoms with van der Waals surface area (Å²) in [7, 11) is -3.87. The second kappa shape index (κ2) is 4.85. The van der Waals surface area contributed by atoms with E-state index in [1.807, 2.05) is 0 Å². The summed E-state index contributed by atoms with van der Waals surface area (Å²) in [6.45, 7) is 0.764. The molecule has 1 atom stereocenters. The summed E-state index contributed by atoms with van der Waals surface area (Å²) in [5, 5.41) is 8.40. The largest absolute Gasteiger partial charge is 0.475 e. The number of aromatic carboxylic acids is 1. The minimum Gasteiger partial charge on any atom is -0.475 e. The lowest BCUT2D eigenvalue weighted by molar-refractivity contribution is -0.130. The minimum absolute atomic E-state index is 0.0585. The first kappa shape index (κ1) is 14.1. The van der Waals surface area contributed by atoms with Crippen LogP contribution in [0.4, 0.5) is 0 Å². The van der Waals surface area contributed by atoms with Gasteiger partial charge >= 0.3 is 5.97 Å². The van der Waals surface area contributed by atoms with Crippen molar-refractivity contribution in [2.24, 2.45) is 0 Å². The molecule has 3 rings (SSSR count). The van der Waals surface area contributed by atoms with E-state index in [4.69, 9.17) is 9.52 Å². The molecule has 1 aromatic heterocycles. The van der Waals surface area contributed by atoms with Crippen LogP contribution < -0.4 is 0 Å². The Hall–Kier alpha value is -1.87. The predicted octanol–water partition coefficient (Wildman–Crippen LogP) is -0.0269. The van der Waals surface area contributed by atoms with Crippen molar-refractivity contribution in [1.29, 1.82) is 0 Å². The van der Waals surface area contributed by atoms with Crippen molar-refractivity contribution < 1.29 is 27.5 Å². The molecular weight excluding hydrogens is 300 g/mol. The van der Waals surface area contributed by atoms with E-state index in [1.54, 1.807) is 4.90 Å². The third-order valence-electron chi connectivity index (χ3n) is 3.84. The second-order valence-electron chi connectivity index (χ2n) is 5.07. The smallest absolute Gasteiger partial charge is 0.371 e. The van der Waals surface area contributed by atoms with E-state index in [9.17, 15) is 18.0 Å². The molecule has 21 heavy (non-hydrogen) atoms. The van der Waals surface area contributed by atoms with Crippen LogP contribution >= 0.6 is 0 Å². The highest BCUT2D eigenvalue weighted by Gasteiger charge is 2.40. The van der Waals surface area contributed by atoms with Crippen molar-refractivity contribution in [3.05, 3.63) is 17.9 Å². The molecule has 0 bridgehead atoms. The number of rotatable bonds is 3. The van der Waals surface area contributed by atoms with Gasteiger partial charge in [0, 0.05) is 32.1 Å². The molecule has 0 saturated carbocycles. The minimum atomic E-state index is -3.87. The van der Waals surface area contributed by atoms with Crippen LogP contribution in [0.1, 0.15) is 23.4 Å². The van der Waals surface area contributed by atoms with Gasteiger partial charge in [-0.05, 0) is 18.6 Å². The summed E-state index contributed by atoms with van der Waals surface area (Å²) in [5.41, 5.74) is 0. The second-order valence-corrected chi connectivity index (χ2v) is 6.94. The van der Waals surface area contributed by atoms with E-state index < -0.39 is 21.8 Å². The molecule has 2 aliphatic rings. The van der Waals surface area contributed by atoms with Crippen molar-refractivity contribution in [2.75, 3.05) is 19.6 Å². The van der Waals surface area contributed by atoms with E-state index in [0.29, 0.717) is 19.4 Å². The quantitative estimate of drug-likeness (QED) is 0.839. The van der Waals surface area contributed by atoms with Gasteiger partial charge in [0.15, 0.2) is 0 Å². The van der Waals surface area contributed by atoms with Crippen molar-refractivity contribution in [3.63, 3.8) is 0 Å². The lowest BCUT2D eigenvalue weighted by atomic mass is 10.2.